The first kappa shape index (κ1) is 12.9. The second kappa shape index (κ2) is 4.59. The molecule has 1 aromatic rings. The van der Waals surface area contributed by atoms with E-state index in [9.17, 15) is 8.42 Å². The van der Waals surface area contributed by atoms with Gasteiger partial charge in [0, 0.05) is 19.6 Å². The molecule has 5 nitrogen and oxygen atoms in total. The minimum Gasteiger partial charge on any atom is -0.324 e. The monoisotopic (exact) mass is 277 g/mol. The van der Waals surface area contributed by atoms with Crippen molar-refractivity contribution in [3.63, 3.8) is 0 Å². The molecular formula is C10H16ClN3O2S. The van der Waals surface area contributed by atoms with Crippen LogP contribution in [0.15, 0.2) is 11.4 Å². The molecule has 1 saturated heterocycles. The van der Waals surface area contributed by atoms with Crippen molar-refractivity contribution in [2.75, 3.05) is 6.54 Å². The maximum atomic E-state index is 12.4. The number of hydrogen-bond acceptors (Lipinski definition) is 3. The second-order valence-corrected chi connectivity index (χ2v) is 6.44. The van der Waals surface area contributed by atoms with E-state index in [-0.39, 0.29) is 16.2 Å². The summed E-state index contributed by atoms with van der Waals surface area (Å²) in [6.07, 6.45) is 4.07. The summed E-state index contributed by atoms with van der Waals surface area (Å²) in [6.45, 7) is 2.56. The SMILES string of the molecule is CCC1CCCN1S(=O)(=O)c1ncn(C)c1Cl. The summed E-state index contributed by atoms with van der Waals surface area (Å²) >= 11 is 5.96. The molecule has 0 spiro atoms. The number of imidazole rings is 1. The molecule has 96 valence electrons. The Labute approximate surface area is 106 Å². The molecule has 1 fully saturated rings. The number of sulfonamides is 1. The lowest BCUT2D eigenvalue weighted by Gasteiger charge is -2.21. The molecule has 0 N–H and O–H groups in total. The summed E-state index contributed by atoms with van der Waals surface area (Å²) in [4.78, 5) is 3.90. The number of halogens is 1. The van der Waals surface area contributed by atoms with Gasteiger partial charge in [0.25, 0.3) is 10.0 Å². The van der Waals surface area contributed by atoms with Crippen LogP contribution in [-0.2, 0) is 17.1 Å². The standard InChI is InChI=1S/C10H16ClN3O2S/c1-3-8-5-4-6-14(8)17(15,16)10-9(11)13(2)7-12-10/h7-8H,3-6H2,1-2H3. The van der Waals surface area contributed by atoms with Gasteiger partial charge in [-0.25, -0.2) is 13.4 Å². The smallest absolute Gasteiger partial charge is 0.263 e. The summed E-state index contributed by atoms with van der Waals surface area (Å²) in [5, 5.41) is 0.147. The lowest BCUT2D eigenvalue weighted by molar-refractivity contribution is 0.378. The van der Waals surface area contributed by atoms with Crippen LogP contribution in [0.1, 0.15) is 26.2 Å². The minimum absolute atomic E-state index is 0.0259. The molecular weight excluding hydrogens is 262 g/mol. The summed E-state index contributed by atoms with van der Waals surface area (Å²) in [5.41, 5.74) is 0. The van der Waals surface area contributed by atoms with Crippen molar-refractivity contribution in [3.8, 4) is 0 Å². The topological polar surface area (TPSA) is 55.2 Å². The van der Waals surface area contributed by atoms with Gasteiger partial charge in [-0.05, 0) is 19.3 Å². The number of rotatable bonds is 3. The van der Waals surface area contributed by atoms with Gasteiger partial charge in [0.05, 0.1) is 6.33 Å². The van der Waals surface area contributed by atoms with Gasteiger partial charge in [0.1, 0.15) is 5.15 Å². The van der Waals surface area contributed by atoms with Crippen LogP contribution in [-0.4, -0.2) is 34.9 Å². The fourth-order valence-corrected chi connectivity index (χ4v) is 4.37. The van der Waals surface area contributed by atoms with Crippen LogP contribution in [0.5, 0.6) is 0 Å². The molecule has 0 aliphatic carbocycles. The van der Waals surface area contributed by atoms with Gasteiger partial charge < -0.3 is 4.57 Å². The zero-order chi connectivity index (χ0) is 12.6. The first-order valence-electron chi connectivity index (χ1n) is 5.67. The number of aromatic nitrogens is 2. The summed E-state index contributed by atoms with van der Waals surface area (Å²) in [6, 6.07) is 0.0815. The van der Waals surface area contributed by atoms with Crippen LogP contribution in [0.25, 0.3) is 0 Å². The Bertz CT molecular complexity index is 512. The lowest BCUT2D eigenvalue weighted by atomic mass is 10.2. The van der Waals surface area contributed by atoms with Crippen LogP contribution >= 0.6 is 11.6 Å². The predicted octanol–water partition coefficient (Wildman–Crippen LogP) is 1.64. The van der Waals surface area contributed by atoms with Gasteiger partial charge in [-0.3, -0.25) is 0 Å². The van der Waals surface area contributed by atoms with E-state index in [0.29, 0.717) is 6.54 Å². The van der Waals surface area contributed by atoms with E-state index >= 15 is 0 Å². The quantitative estimate of drug-likeness (QED) is 0.844. The molecule has 1 unspecified atom stereocenters. The lowest BCUT2D eigenvalue weighted by Crippen LogP contribution is -2.35. The molecule has 0 aromatic carbocycles. The molecule has 7 heteroatoms. The van der Waals surface area contributed by atoms with Crippen molar-refractivity contribution in [3.05, 3.63) is 11.5 Å². The summed E-state index contributed by atoms with van der Waals surface area (Å²) < 4.78 is 27.8. The predicted molar refractivity (Wildman–Crippen MR) is 65.4 cm³/mol. The molecule has 0 saturated carbocycles. The first-order chi connectivity index (χ1) is 7.98. The third-order valence-electron chi connectivity index (χ3n) is 3.18. The first-order valence-corrected chi connectivity index (χ1v) is 7.49. The summed E-state index contributed by atoms with van der Waals surface area (Å²) in [5.74, 6) is 0. The third kappa shape index (κ3) is 2.09. The van der Waals surface area contributed by atoms with Crippen molar-refractivity contribution in [1.82, 2.24) is 13.9 Å². The van der Waals surface area contributed by atoms with E-state index in [0.717, 1.165) is 19.3 Å². The molecule has 2 rings (SSSR count). The van der Waals surface area contributed by atoms with Gasteiger partial charge in [0.2, 0.25) is 5.03 Å². The Kier molecular flexibility index (Phi) is 3.47. The highest BCUT2D eigenvalue weighted by molar-refractivity contribution is 7.89. The molecule has 1 atom stereocenters. The highest BCUT2D eigenvalue weighted by Gasteiger charge is 2.37. The molecule has 17 heavy (non-hydrogen) atoms. The normalized spacial score (nSPS) is 22.2. The van der Waals surface area contributed by atoms with E-state index in [2.05, 4.69) is 4.98 Å². The minimum atomic E-state index is -3.54. The van der Waals surface area contributed by atoms with Crippen molar-refractivity contribution in [2.45, 2.75) is 37.3 Å². The van der Waals surface area contributed by atoms with E-state index in [1.807, 2.05) is 6.92 Å². The van der Waals surface area contributed by atoms with E-state index in [1.165, 1.54) is 15.2 Å². The zero-order valence-corrected chi connectivity index (χ0v) is 11.5. The largest absolute Gasteiger partial charge is 0.324 e. The maximum absolute atomic E-state index is 12.4. The van der Waals surface area contributed by atoms with Crippen molar-refractivity contribution >= 4 is 21.6 Å². The average Bonchev–Trinajstić information content (AvgIpc) is 2.87. The van der Waals surface area contributed by atoms with E-state index < -0.39 is 10.0 Å². The van der Waals surface area contributed by atoms with Crippen LogP contribution in [0.3, 0.4) is 0 Å². The van der Waals surface area contributed by atoms with Gasteiger partial charge in [0.15, 0.2) is 0 Å². The van der Waals surface area contributed by atoms with Crippen molar-refractivity contribution < 1.29 is 8.42 Å². The zero-order valence-electron chi connectivity index (χ0n) is 9.93. The van der Waals surface area contributed by atoms with Gasteiger partial charge in [-0.1, -0.05) is 18.5 Å². The average molecular weight is 278 g/mol. The van der Waals surface area contributed by atoms with Crippen LogP contribution in [0.4, 0.5) is 0 Å². The Morgan fingerprint density at radius 2 is 2.29 bits per heavy atom. The highest BCUT2D eigenvalue weighted by atomic mass is 35.5. The van der Waals surface area contributed by atoms with Gasteiger partial charge >= 0.3 is 0 Å². The Hall–Kier alpha value is -0.590. The molecule has 2 heterocycles. The Balaban J connectivity index is 2.40. The molecule has 1 aromatic heterocycles. The number of nitrogens with zero attached hydrogens (tertiary/aromatic N) is 3. The highest BCUT2D eigenvalue weighted by Crippen LogP contribution is 2.29. The van der Waals surface area contributed by atoms with Gasteiger partial charge in [-0.2, -0.15) is 4.31 Å². The van der Waals surface area contributed by atoms with Gasteiger partial charge in [-0.15, -0.1) is 0 Å². The third-order valence-corrected chi connectivity index (χ3v) is 5.63. The van der Waals surface area contributed by atoms with E-state index in [1.54, 1.807) is 7.05 Å². The Morgan fingerprint density at radius 3 is 2.82 bits per heavy atom. The number of aryl methyl sites for hydroxylation is 1. The molecule has 1 aliphatic rings. The molecule has 0 amide bonds. The Morgan fingerprint density at radius 1 is 1.59 bits per heavy atom. The summed E-state index contributed by atoms with van der Waals surface area (Å²) in [7, 11) is -1.86. The van der Waals surface area contributed by atoms with Crippen LogP contribution in [0, 0.1) is 0 Å². The van der Waals surface area contributed by atoms with Crippen molar-refractivity contribution in [2.24, 2.45) is 7.05 Å². The maximum Gasteiger partial charge on any atom is 0.263 e. The van der Waals surface area contributed by atoms with Crippen LogP contribution in [0.2, 0.25) is 5.15 Å². The second-order valence-electron chi connectivity index (χ2n) is 4.27. The molecule has 0 radical (unpaired) electrons. The molecule has 0 bridgehead atoms. The van der Waals surface area contributed by atoms with Crippen LogP contribution < -0.4 is 0 Å². The molecule has 1 aliphatic heterocycles. The fraction of sp³-hybridized carbons (Fsp3) is 0.700. The fourth-order valence-electron chi connectivity index (χ4n) is 2.21. The van der Waals surface area contributed by atoms with E-state index in [4.69, 9.17) is 11.6 Å². The van der Waals surface area contributed by atoms with Crippen molar-refractivity contribution in [1.29, 1.82) is 0 Å². The number of hydrogen-bond donors (Lipinski definition) is 0.